The van der Waals surface area contributed by atoms with E-state index in [9.17, 15) is 0 Å². The Kier molecular flexibility index (Phi) is 3.25. The fourth-order valence-electron chi connectivity index (χ4n) is 2.70. The number of aromatic nitrogens is 4. The minimum atomic E-state index is 0.211. The molecular weight excluding hydrogens is 272 g/mol. The zero-order chi connectivity index (χ0) is 14.3. The van der Waals surface area contributed by atoms with Crippen molar-refractivity contribution in [3.63, 3.8) is 0 Å². The van der Waals surface area contributed by atoms with Crippen LogP contribution in [0.25, 0.3) is 11.2 Å². The Hall–Kier alpha value is -1.82. The largest absolute Gasteiger partial charge is 0.469 e. The molecule has 0 aliphatic rings. The van der Waals surface area contributed by atoms with Crippen LogP contribution in [-0.4, -0.2) is 19.3 Å². The normalized spacial score (nSPS) is 13.2. The third kappa shape index (κ3) is 2.00. The Balaban J connectivity index is 2.08. The lowest BCUT2D eigenvalue weighted by Gasteiger charge is -2.13. The highest BCUT2D eigenvalue weighted by Crippen LogP contribution is 2.24. The predicted molar refractivity (Wildman–Crippen MR) is 80.4 cm³/mol. The van der Waals surface area contributed by atoms with E-state index in [4.69, 9.17) is 16.6 Å². The van der Waals surface area contributed by atoms with E-state index >= 15 is 0 Å². The zero-order valence-corrected chi connectivity index (χ0v) is 12.7. The molecule has 3 heterocycles. The minimum absolute atomic E-state index is 0.211. The number of rotatable bonds is 4. The second kappa shape index (κ2) is 4.94. The lowest BCUT2D eigenvalue weighted by atomic mass is 10.2. The van der Waals surface area contributed by atoms with Crippen molar-refractivity contribution in [2.24, 2.45) is 7.05 Å². The first-order valence-electron chi connectivity index (χ1n) is 6.80. The van der Waals surface area contributed by atoms with Gasteiger partial charge in [-0.05, 0) is 37.7 Å². The topological polar surface area (TPSA) is 51.7 Å². The van der Waals surface area contributed by atoms with Gasteiger partial charge in [-0.15, -0.1) is 0 Å². The van der Waals surface area contributed by atoms with Gasteiger partial charge in [0.25, 0.3) is 0 Å². The molecule has 1 atom stereocenters. The summed E-state index contributed by atoms with van der Waals surface area (Å²) in [5.74, 6) is 0.964. The van der Waals surface area contributed by atoms with E-state index in [-0.39, 0.29) is 6.04 Å². The lowest BCUT2D eigenvalue weighted by Crippen LogP contribution is -2.10. The van der Waals surface area contributed by atoms with Gasteiger partial charge >= 0.3 is 0 Å². The molecule has 0 saturated heterocycles. The van der Waals surface area contributed by atoms with E-state index in [0.29, 0.717) is 0 Å². The molecule has 0 aromatic carbocycles. The zero-order valence-electron chi connectivity index (χ0n) is 11.9. The van der Waals surface area contributed by atoms with E-state index in [0.717, 1.165) is 40.2 Å². The van der Waals surface area contributed by atoms with E-state index in [1.807, 2.05) is 23.9 Å². The highest BCUT2D eigenvalue weighted by atomic mass is 32.1. The van der Waals surface area contributed by atoms with Gasteiger partial charge in [0, 0.05) is 19.5 Å². The van der Waals surface area contributed by atoms with Crippen molar-refractivity contribution in [2.75, 3.05) is 0 Å². The van der Waals surface area contributed by atoms with Crippen molar-refractivity contribution in [1.82, 2.24) is 19.3 Å². The third-order valence-corrected chi connectivity index (χ3v) is 3.92. The minimum Gasteiger partial charge on any atom is -0.469 e. The van der Waals surface area contributed by atoms with Crippen LogP contribution in [0, 0.1) is 4.77 Å². The fraction of sp³-hybridized carbons (Fsp3) is 0.429. The number of aryl methyl sites for hydroxylation is 2. The highest BCUT2D eigenvalue weighted by Gasteiger charge is 2.18. The first-order valence-corrected chi connectivity index (χ1v) is 7.21. The van der Waals surface area contributed by atoms with Crippen molar-refractivity contribution < 1.29 is 4.42 Å². The van der Waals surface area contributed by atoms with Gasteiger partial charge in [0.1, 0.15) is 11.3 Å². The van der Waals surface area contributed by atoms with Gasteiger partial charge in [-0.2, -0.15) is 5.10 Å². The predicted octanol–water partition coefficient (Wildman–Crippen LogP) is 3.39. The Bertz CT molecular complexity index is 778. The number of aromatic amines is 1. The molecule has 0 aliphatic carbocycles. The van der Waals surface area contributed by atoms with Gasteiger partial charge in [-0.25, -0.2) is 0 Å². The number of H-pyrrole nitrogens is 1. The summed E-state index contributed by atoms with van der Waals surface area (Å²) < 4.78 is 10.2. The molecule has 1 unspecified atom stereocenters. The molecule has 6 heteroatoms. The summed E-state index contributed by atoms with van der Waals surface area (Å²) in [7, 11) is 1.96. The lowest BCUT2D eigenvalue weighted by molar-refractivity contribution is 0.448. The molecule has 5 nitrogen and oxygen atoms in total. The van der Waals surface area contributed by atoms with Crippen LogP contribution in [0.3, 0.4) is 0 Å². The van der Waals surface area contributed by atoms with Crippen LogP contribution < -0.4 is 0 Å². The summed E-state index contributed by atoms with van der Waals surface area (Å²) in [6, 6.07) is 4.11. The van der Waals surface area contributed by atoms with E-state index < -0.39 is 0 Å². The second-order valence-electron chi connectivity index (χ2n) is 5.06. The van der Waals surface area contributed by atoms with Crippen LogP contribution in [0.4, 0.5) is 0 Å². The quantitative estimate of drug-likeness (QED) is 0.749. The number of nitrogens with zero attached hydrogens (tertiary/aromatic N) is 3. The number of hydrogen-bond acceptors (Lipinski definition) is 3. The third-order valence-electron chi connectivity index (χ3n) is 3.62. The summed E-state index contributed by atoms with van der Waals surface area (Å²) in [5, 5.41) is 4.54. The summed E-state index contributed by atoms with van der Waals surface area (Å²) in [6.07, 6.45) is 3.40. The highest BCUT2D eigenvalue weighted by molar-refractivity contribution is 7.71. The van der Waals surface area contributed by atoms with Crippen LogP contribution in [0.5, 0.6) is 0 Å². The van der Waals surface area contributed by atoms with Gasteiger partial charge in [0.15, 0.2) is 10.4 Å². The maximum Gasteiger partial charge on any atom is 0.179 e. The fourth-order valence-corrected chi connectivity index (χ4v) is 3.07. The summed E-state index contributed by atoms with van der Waals surface area (Å²) in [5.41, 5.74) is 3.15. The summed E-state index contributed by atoms with van der Waals surface area (Å²) >= 11 is 5.48. The first-order chi connectivity index (χ1) is 9.61. The van der Waals surface area contributed by atoms with Crippen molar-refractivity contribution in [3.8, 4) is 0 Å². The maximum atomic E-state index is 5.48. The maximum absolute atomic E-state index is 5.48. The molecule has 0 aliphatic heterocycles. The number of furan rings is 1. The smallest absolute Gasteiger partial charge is 0.179 e. The van der Waals surface area contributed by atoms with Crippen LogP contribution >= 0.6 is 12.2 Å². The van der Waals surface area contributed by atoms with Gasteiger partial charge in [-0.3, -0.25) is 9.25 Å². The molecule has 106 valence electrons. The van der Waals surface area contributed by atoms with Gasteiger partial charge in [0.2, 0.25) is 0 Å². The molecule has 0 radical (unpaired) electrons. The molecular formula is C14H18N4OS. The number of nitrogens with one attached hydrogen (secondary N) is 1. The van der Waals surface area contributed by atoms with Gasteiger partial charge in [-0.1, -0.05) is 6.92 Å². The molecule has 1 N–H and O–H groups in total. The molecule has 0 spiro atoms. The van der Waals surface area contributed by atoms with Crippen molar-refractivity contribution in [2.45, 2.75) is 32.7 Å². The number of imidazole rings is 1. The Morgan fingerprint density at radius 2 is 2.30 bits per heavy atom. The molecule has 0 bridgehead atoms. The Morgan fingerprint density at radius 1 is 1.50 bits per heavy atom. The van der Waals surface area contributed by atoms with E-state index in [1.165, 1.54) is 0 Å². The van der Waals surface area contributed by atoms with Gasteiger partial charge in [0.05, 0.1) is 12.0 Å². The van der Waals surface area contributed by atoms with Crippen LogP contribution in [0.2, 0.25) is 0 Å². The monoisotopic (exact) mass is 290 g/mol. The number of hydrogen-bond donors (Lipinski definition) is 1. The first kappa shape index (κ1) is 13.2. The molecule has 3 rings (SSSR count). The van der Waals surface area contributed by atoms with Crippen molar-refractivity contribution in [1.29, 1.82) is 0 Å². The Morgan fingerprint density at radius 3 is 2.95 bits per heavy atom. The average molecular weight is 290 g/mol. The molecule has 20 heavy (non-hydrogen) atoms. The summed E-state index contributed by atoms with van der Waals surface area (Å²) in [6.45, 7) is 4.24. The van der Waals surface area contributed by atoms with Crippen LogP contribution in [0.1, 0.15) is 31.3 Å². The number of fused-ring (bicyclic) bond motifs is 1. The van der Waals surface area contributed by atoms with E-state index in [1.54, 1.807) is 6.26 Å². The van der Waals surface area contributed by atoms with E-state index in [2.05, 4.69) is 28.5 Å². The van der Waals surface area contributed by atoms with Gasteiger partial charge < -0.3 is 9.40 Å². The second-order valence-corrected chi connectivity index (χ2v) is 5.44. The molecule has 0 saturated carbocycles. The van der Waals surface area contributed by atoms with Crippen LogP contribution in [0.15, 0.2) is 22.8 Å². The molecule has 0 fully saturated rings. The molecule has 3 aromatic heterocycles. The van der Waals surface area contributed by atoms with Crippen molar-refractivity contribution in [3.05, 3.63) is 34.6 Å². The Labute approximate surface area is 122 Å². The SMILES string of the molecule is CCc1nn(C)c2c1[nH]c(=S)n2C(C)Cc1ccco1. The van der Waals surface area contributed by atoms with Crippen LogP contribution in [-0.2, 0) is 19.9 Å². The molecule has 0 amide bonds. The average Bonchev–Trinajstić information content (AvgIpc) is 3.08. The molecule has 3 aromatic rings. The summed E-state index contributed by atoms with van der Waals surface area (Å²) in [4.78, 5) is 3.29. The standard InChI is InChI=1S/C14H18N4OS/c1-4-11-12-13(17(3)16-11)18(14(20)15-12)9(2)8-10-6-5-7-19-10/h5-7,9H,4,8H2,1-3H3,(H,15,20). The van der Waals surface area contributed by atoms with Crippen molar-refractivity contribution >= 4 is 23.4 Å².